The topological polar surface area (TPSA) is 40.5 Å². The van der Waals surface area contributed by atoms with E-state index < -0.39 is 5.97 Å². The summed E-state index contributed by atoms with van der Waals surface area (Å²) in [4.78, 5) is 12.8. The van der Waals surface area contributed by atoms with Gasteiger partial charge in [0, 0.05) is 6.04 Å². The Hall–Kier alpha value is -0.570. The molecule has 1 atom stereocenters. The van der Waals surface area contributed by atoms with Crippen molar-refractivity contribution in [1.29, 1.82) is 0 Å². The molecule has 0 aliphatic carbocycles. The number of aliphatic carboxylic acids is 1. The van der Waals surface area contributed by atoms with Crippen molar-refractivity contribution in [2.75, 3.05) is 13.1 Å². The van der Waals surface area contributed by atoms with Gasteiger partial charge in [0.2, 0.25) is 0 Å². The molecule has 1 aliphatic rings. The molecule has 1 aliphatic heterocycles. The zero-order valence-corrected chi connectivity index (χ0v) is 9.20. The number of nitrogens with zero attached hydrogens (tertiary/aromatic N) is 1. The molecule has 1 unspecified atom stereocenters. The molecule has 0 radical (unpaired) electrons. The molecular formula is C11H21NO2. The van der Waals surface area contributed by atoms with Gasteiger partial charge in [-0.2, -0.15) is 0 Å². The van der Waals surface area contributed by atoms with Crippen LogP contribution >= 0.6 is 0 Å². The lowest BCUT2D eigenvalue weighted by Gasteiger charge is -2.31. The first-order valence-corrected chi connectivity index (χ1v) is 5.57. The fraction of sp³-hybridized carbons (Fsp3) is 0.909. The lowest BCUT2D eigenvalue weighted by atomic mass is 9.98. The molecule has 82 valence electrons. The maximum absolute atomic E-state index is 10.7. The van der Waals surface area contributed by atoms with E-state index in [1.807, 2.05) is 0 Å². The number of carboxylic acids is 1. The minimum absolute atomic E-state index is 0.211. The summed E-state index contributed by atoms with van der Waals surface area (Å²) in [5.74, 6) is -0.134. The highest BCUT2D eigenvalue weighted by Crippen LogP contribution is 2.22. The highest BCUT2D eigenvalue weighted by atomic mass is 16.4. The molecule has 0 saturated carbocycles. The van der Waals surface area contributed by atoms with Crippen LogP contribution in [0.3, 0.4) is 0 Å². The summed E-state index contributed by atoms with van der Waals surface area (Å²) < 4.78 is 0. The molecule has 0 aromatic carbocycles. The van der Waals surface area contributed by atoms with Crippen LogP contribution in [-0.4, -0.2) is 35.1 Å². The Morgan fingerprint density at radius 1 is 1.43 bits per heavy atom. The molecule has 1 heterocycles. The summed E-state index contributed by atoms with van der Waals surface area (Å²) in [6.45, 7) is 5.54. The second-order valence-corrected chi connectivity index (χ2v) is 4.52. The molecule has 14 heavy (non-hydrogen) atoms. The van der Waals surface area contributed by atoms with E-state index in [0.29, 0.717) is 12.0 Å². The van der Waals surface area contributed by atoms with Crippen molar-refractivity contribution in [3.63, 3.8) is 0 Å². The average Bonchev–Trinajstić information content (AvgIpc) is 2.28. The summed E-state index contributed by atoms with van der Waals surface area (Å²) in [5.41, 5.74) is 0. The SMILES string of the molecule is CC(C)C1CCCCCN1CC(=O)O. The zero-order valence-electron chi connectivity index (χ0n) is 9.20. The summed E-state index contributed by atoms with van der Waals surface area (Å²) in [5, 5.41) is 8.82. The van der Waals surface area contributed by atoms with Gasteiger partial charge in [0.1, 0.15) is 0 Å². The normalized spacial score (nSPS) is 24.9. The summed E-state index contributed by atoms with van der Waals surface area (Å²) >= 11 is 0. The van der Waals surface area contributed by atoms with Crippen LogP contribution in [0.2, 0.25) is 0 Å². The van der Waals surface area contributed by atoms with Crippen molar-refractivity contribution in [3.8, 4) is 0 Å². The Balaban J connectivity index is 2.58. The summed E-state index contributed by atoms with van der Waals surface area (Å²) in [6, 6.07) is 0.466. The fourth-order valence-electron chi connectivity index (χ4n) is 2.32. The van der Waals surface area contributed by atoms with Gasteiger partial charge in [-0.1, -0.05) is 26.7 Å². The van der Waals surface area contributed by atoms with Gasteiger partial charge in [-0.25, -0.2) is 0 Å². The lowest BCUT2D eigenvalue weighted by Crippen LogP contribution is -2.41. The van der Waals surface area contributed by atoms with Crippen LogP contribution in [0.4, 0.5) is 0 Å². The van der Waals surface area contributed by atoms with Gasteiger partial charge in [-0.05, 0) is 25.3 Å². The van der Waals surface area contributed by atoms with E-state index in [1.54, 1.807) is 0 Å². The molecular weight excluding hydrogens is 178 g/mol. The van der Waals surface area contributed by atoms with E-state index in [0.717, 1.165) is 19.4 Å². The number of hydrogen-bond donors (Lipinski definition) is 1. The van der Waals surface area contributed by atoms with E-state index in [9.17, 15) is 4.79 Å². The third kappa shape index (κ3) is 3.29. The van der Waals surface area contributed by atoms with Gasteiger partial charge in [-0.15, -0.1) is 0 Å². The predicted molar refractivity (Wildman–Crippen MR) is 56.3 cm³/mol. The van der Waals surface area contributed by atoms with E-state index in [2.05, 4.69) is 18.7 Å². The van der Waals surface area contributed by atoms with E-state index in [4.69, 9.17) is 5.11 Å². The van der Waals surface area contributed by atoms with Crippen molar-refractivity contribution in [2.24, 2.45) is 5.92 Å². The van der Waals surface area contributed by atoms with Crippen LogP contribution in [0.25, 0.3) is 0 Å². The minimum Gasteiger partial charge on any atom is -0.480 e. The van der Waals surface area contributed by atoms with E-state index >= 15 is 0 Å². The molecule has 3 nitrogen and oxygen atoms in total. The zero-order chi connectivity index (χ0) is 10.6. The highest BCUT2D eigenvalue weighted by molar-refractivity contribution is 5.69. The standard InChI is InChI=1S/C11H21NO2/c1-9(2)10-6-4-3-5-7-12(10)8-11(13)14/h9-10H,3-8H2,1-2H3,(H,13,14). The number of carbonyl (C=O) groups is 1. The second kappa shape index (κ2) is 5.35. The molecule has 1 saturated heterocycles. The van der Waals surface area contributed by atoms with Crippen LogP contribution in [0.15, 0.2) is 0 Å². The first kappa shape index (κ1) is 11.5. The highest BCUT2D eigenvalue weighted by Gasteiger charge is 2.24. The number of likely N-dealkylation sites (tertiary alicyclic amines) is 1. The summed E-state index contributed by atoms with van der Waals surface area (Å²) in [7, 11) is 0. The van der Waals surface area contributed by atoms with Crippen molar-refractivity contribution in [3.05, 3.63) is 0 Å². The summed E-state index contributed by atoms with van der Waals surface area (Å²) in [6.07, 6.45) is 4.81. The smallest absolute Gasteiger partial charge is 0.317 e. The average molecular weight is 199 g/mol. The van der Waals surface area contributed by atoms with E-state index in [-0.39, 0.29) is 6.54 Å². The number of carboxylic acid groups (broad SMARTS) is 1. The molecule has 1 rings (SSSR count). The third-order valence-corrected chi connectivity index (χ3v) is 3.02. The maximum Gasteiger partial charge on any atom is 0.317 e. The Kier molecular flexibility index (Phi) is 4.39. The molecule has 1 fully saturated rings. The number of rotatable bonds is 3. The van der Waals surface area contributed by atoms with Crippen LogP contribution < -0.4 is 0 Å². The Labute approximate surface area is 86.1 Å². The predicted octanol–water partition coefficient (Wildman–Crippen LogP) is 1.97. The minimum atomic E-state index is -0.697. The quantitative estimate of drug-likeness (QED) is 0.755. The molecule has 0 spiro atoms. The molecule has 3 heteroatoms. The van der Waals surface area contributed by atoms with Crippen LogP contribution in [0.1, 0.15) is 39.5 Å². The third-order valence-electron chi connectivity index (χ3n) is 3.02. The maximum atomic E-state index is 10.7. The molecule has 1 N–H and O–H groups in total. The van der Waals surface area contributed by atoms with Crippen molar-refractivity contribution >= 4 is 5.97 Å². The van der Waals surface area contributed by atoms with Crippen LogP contribution in [0, 0.1) is 5.92 Å². The second-order valence-electron chi connectivity index (χ2n) is 4.52. The molecule has 0 aromatic rings. The van der Waals surface area contributed by atoms with Crippen molar-refractivity contribution in [2.45, 2.75) is 45.6 Å². The van der Waals surface area contributed by atoms with Crippen molar-refractivity contribution < 1.29 is 9.90 Å². The molecule has 0 aromatic heterocycles. The van der Waals surface area contributed by atoms with Gasteiger partial charge in [0.25, 0.3) is 0 Å². The monoisotopic (exact) mass is 199 g/mol. The van der Waals surface area contributed by atoms with Crippen LogP contribution in [-0.2, 0) is 4.79 Å². The van der Waals surface area contributed by atoms with Crippen LogP contribution in [0.5, 0.6) is 0 Å². The first-order chi connectivity index (χ1) is 6.61. The number of hydrogen-bond acceptors (Lipinski definition) is 2. The molecule has 0 bridgehead atoms. The first-order valence-electron chi connectivity index (χ1n) is 5.57. The van der Waals surface area contributed by atoms with Gasteiger partial charge >= 0.3 is 5.97 Å². The lowest BCUT2D eigenvalue weighted by molar-refractivity contribution is -0.139. The van der Waals surface area contributed by atoms with Gasteiger partial charge < -0.3 is 5.11 Å². The molecule has 0 amide bonds. The Bertz CT molecular complexity index is 192. The van der Waals surface area contributed by atoms with Crippen molar-refractivity contribution in [1.82, 2.24) is 4.90 Å². The van der Waals surface area contributed by atoms with Gasteiger partial charge in [0.15, 0.2) is 0 Å². The Morgan fingerprint density at radius 3 is 2.71 bits per heavy atom. The largest absolute Gasteiger partial charge is 0.480 e. The Morgan fingerprint density at radius 2 is 2.14 bits per heavy atom. The van der Waals surface area contributed by atoms with E-state index in [1.165, 1.54) is 12.8 Å². The van der Waals surface area contributed by atoms with Gasteiger partial charge in [-0.3, -0.25) is 9.69 Å². The fourth-order valence-corrected chi connectivity index (χ4v) is 2.32. The van der Waals surface area contributed by atoms with Gasteiger partial charge in [0.05, 0.1) is 6.54 Å².